The lowest BCUT2D eigenvalue weighted by molar-refractivity contribution is -0.144. The normalized spacial score (nSPS) is 15.8. The molecule has 0 spiro atoms. The number of likely N-dealkylation sites (tertiary alicyclic amines) is 1. The van der Waals surface area contributed by atoms with Gasteiger partial charge in [-0.15, -0.1) is 0 Å². The Morgan fingerprint density at radius 2 is 1.64 bits per heavy atom. The van der Waals surface area contributed by atoms with Gasteiger partial charge in [0.15, 0.2) is 0 Å². The average Bonchev–Trinajstić information content (AvgIpc) is 3.34. The van der Waals surface area contributed by atoms with E-state index in [-0.39, 0.29) is 29.8 Å². The highest BCUT2D eigenvalue weighted by molar-refractivity contribution is 6.30. The molecular weight excluding hydrogens is 740 g/mol. The topological polar surface area (TPSA) is 121 Å². The molecule has 1 aromatic heterocycles. The molecule has 0 radical (unpaired) electrons. The van der Waals surface area contributed by atoms with Crippen LogP contribution >= 0.6 is 11.6 Å². The van der Waals surface area contributed by atoms with Crippen molar-refractivity contribution in [2.45, 2.75) is 87.0 Å². The zero-order valence-electron chi connectivity index (χ0n) is 33.2. The summed E-state index contributed by atoms with van der Waals surface area (Å²) < 4.78 is 55.7. The number of carboxylic acid groups (broad SMARTS) is 1. The highest BCUT2D eigenvalue weighted by atomic mass is 35.5. The Bertz CT molecular complexity index is 1840. The molecular formula is C41H55ClF4N4O5. The molecule has 1 fully saturated rings. The van der Waals surface area contributed by atoms with E-state index >= 15 is 0 Å². The number of carboxylic acids is 1. The lowest BCUT2D eigenvalue weighted by Gasteiger charge is -2.23. The maximum Gasteiger partial charge on any atom is 0.431 e. The van der Waals surface area contributed by atoms with Crippen LogP contribution < -0.4 is 16.2 Å². The van der Waals surface area contributed by atoms with Crippen molar-refractivity contribution >= 4 is 30.3 Å². The minimum Gasteiger partial charge on any atom is -0.481 e. The van der Waals surface area contributed by atoms with Gasteiger partial charge in [0.1, 0.15) is 23.9 Å². The number of carbonyl (C=O) groups is 3. The maximum atomic E-state index is 14.6. The van der Waals surface area contributed by atoms with E-state index in [4.69, 9.17) is 21.5 Å². The number of alkyl halides is 3. The van der Waals surface area contributed by atoms with Crippen molar-refractivity contribution in [3.63, 3.8) is 0 Å². The largest absolute Gasteiger partial charge is 0.481 e. The van der Waals surface area contributed by atoms with Crippen LogP contribution in [0, 0.1) is 43.8 Å². The molecule has 4 rings (SSSR count). The Morgan fingerprint density at radius 3 is 2.13 bits per heavy atom. The Hall–Kier alpha value is -4.07. The van der Waals surface area contributed by atoms with Crippen LogP contribution in [0.2, 0.25) is 5.02 Å². The molecule has 2 unspecified atom stereocenters. The van der Waals surface area contributed by atoms with Crippen LogP contribution in [0.15, 0.2) is 41.2 Å². The van der Waals surface area contributed by atoms with Crippen molar-refractivity contribution in [3.05, 3.63) is 91.1 Å². The Kier molecular flexibility index (Phi) is 17.3. The van der Waals surface area contributed by atoms with Crippen LogP contribution in [-0.2, 0) is 22.3 Å². The Morgan fingerprint density at radius 1 is 1.04 bits per heavy atom. The second-order valence-electron chi connectivity index (χ2n) is 15.2. The molecule has 1 aliphatic heterocycles. The van der Waals surface area contributed by atoms with E-state index in [1.807, 2.05) is 46.6 Å². The van der Waals surface area contributed by atoms with Gasteiger partial charge < -0.3 is 30.0 Å². The second kappa shape index (κ2) is 20.2. The third kappa shape index (κ3) is 12.7. The summed E-state index contributed by atoms with van der Waals surface area (Å²) in [5, 5.41) is 15.2. The third-order valence-electron chi connectivity index (χ3n) is 10.0. The van der Waals surface area contributed by atoms with E-state index in [2.05, 4.69) is 36.3 Å². The fourth-order valence-electron chi connectivity index (χ4n) is 6.74. The number of aliphatic carboxylic acids is 1. The minimum atomic E-state index is -4.66. The number of nitrogens with zero attached hydrogens (tertiary/aromatic N) is 2. The number of hydrogen-bond acceptors (Lipinski definition) is 6. The fraction of sp³-hybridized carbons (Fsp3) is 0.512. The van der Waals surface area contributed by atoms with Gasteiger partial charge in [0.05, 0.1) is 6.42 Å². The van der Waals surface area contributed by atoms with Gasteiger partial charge in [0.25, 0.3) is 11.5 Å². The summed E-state index contributed by atoms with van der Waals surface area (Å²) in [6.45, 7) is 20.1. The van der Waals surface area contributed by atoms with Crippen LogP contribution in [0.3, 0.4) is 0 Å². The number of nitrogens with one attached hydrogen (secondary N) is 2. The number of pyridine rings is 1. The number of aryl methyl sites for hydroxylation is 3. The highest BCUT2D eigenvalue weighted by Crippen LogP contribution is 2.36. The van der Waals surface area contributed by atoms with Gasteiger partial charge in [-0.2, -0.15) is 13.2 Å². The van der Waals surface area contributed by atoms with Crippen LogP contribution in [0.25, 0.3) is 11.1 Å². The summed E-state index contributed by atoms with van der Waals surface area (Å²) in [6, 6.07) is 8.48. The van der Waals surface area contributed by atoms with Crippen molar-refractivity contribution in [3.8, 4) is 11.1 Å². The van der Waals surface area contributed by atoms with E-state index < -0.39 is 35.3 Å². The fourth-order valence-corrected chi connectivity index (χ4v) is 7.06. The van der Waals surface area contributed by atoms with Crippen molar-refractivity contribution in [1.82, 2.24) is 20.1 Å². The first kappa shape index (κ1) is 47.1. The van der Waals surface area contributed by atoms with Gasteiger partial charge in [0, 0.05) is 49.4 Å². The Balaban J connectivity index is 0.000000369. The first-order valence-electron chi connectivity index (χ1n) is 18.1. The van der Waals surface area contributed by atoms with Gasteiger partial charge in [0.2, 0.25) is 0 Å². The molecule has 3 aromatic rings. The Labute approximate surface area is 326 Å². The monoisotopic (exact) mass is 794 g/mol. The van der Waals surface area contributed by atoms with Gasteiger partial charge in [-0.05, 0) is 116 Å². The van der Waals surface area contributed by atoms with Crippen molar-refractivity contribution in [2.75, 3.05) is 33.2 Å². The smallest absolute Gasteiger partial charge is 0.431 e. The zero-order valence-corrected chi connectivity index (χ0v) is 34.0. The molecule has 0 aliphatic carbocycles. The quantitative estimate of drug-likeness (QED) is 0.158. The highest BCUT2D eigenvalue weighted by Gasteiger charge is 2.38. The third-order valence-corrected chi connectivity index (χ3v) is 10.2. The minimum absolute atomic E-state index is 0.0793. The standard InChI is InChI=1S/C21H32F3N3O2.C19H21ClFNO2.CH2O/c1-14(2)8-9-25-18(28)16-6-7-17(21(22,23)24)27(19(16)29)11-10-26-12-15(3)20(4,5)13-26;1-10-6-14(20)7-11(2)18(10)13-5-12(3)19(21)15(8-13)16(22-4)9-17(23)24;1-2/h6-7,14-15H,8-13H2,1-5H3,(H,25,28);5-8,16,22H,9H2,1-4H3,(H,23,24);1H2. The van der Waals surface area contributed by atoms with E-state index in [1.165, 1.54) is 0 Å². The number of hydrogen-bond donors (Lipinski definition) is 3. The van der Waals surface area contributed by atoms with Crippen LogP contribution in [0.5, 0.6) is 0 Å². The van der Waals surface area contributed by atoms with Gasteiger partial charge >= 0.3 is 12.1 Å². The maximum absolute atomic E-state index is 14.6. The molecule has 3 N–H and O–H groups in total. The molecule has 1 amide bonds. The van der Waals surface area contributed by atoms with Crippen molar-refractivity contribution in [1.29, 1.82) is 0 Å². The van der Waals surface area contributed by atoms with Gasteiger partial charge in [-0.3, -0.25) is 14.4 Å². The van der Waals surface area contributed by atoms with Crippen LogP contribution in [0.1, 0.15) is 91.8 Å². The number of halogens is 5. The molecule has 14 heteroatoms. The first-order chi connectivity index (χ1) is 25.6. The van der Waals surface area contributed by atoms with Crippen LogP contribution in [0.4, 0.5) is 17.6 Å². The second-order valence-corrected chi connectivity index (χ2v) is 15.6. The lowest BCUT2D eigenvalue weighted by Crippen LogP contribution is -2.38. The van der Waals surface area contributed by atoms with E-state index in [9.17, 15) is 31.9 Å². The van der Waals surface area contributed by atoms with E-state index in [0.717, 1.165) is 53.9 Å². The lowest BCUT2D eigenvalue weighted by atomic mass is 9.84. The van der Waals surface area contributed by atoms with E-state index in [1.54, 1.807) is 26.1 Å². The molecule has 1 saturated heterocycles. The number of aromatic nitrogens is 1. The number of carbonyl (C=O) groups excluding carboxylic acids is 2. The predicted octanol–water partition coefficient (Wildman–Crippen LogP) is 8.24. The SMILES string of the molecule is C=O.CC(C)CCNC(=O)c1ccc(C(F)(F)F)n(CCN2CC(C)C(C)(C)C2)c1=O.CNC(CC(=O)O)c1cc(-c2c(C)cc(Cl)cc2C)cc(C)c1F. The van der Waals surface area contributed by atoms with Crippen LogP contribution in [-0.4, -0.2) is 66.5 Å². The van der Waals surface area contributed by atoms with Gasteiger partial charge in [-0.1, -0.05) is 46.2 Å². The zero-order chi connectivity index (χ0) is 42.0. The van der Waals surface area contributed by atoms with Crippen molar-refractivity contribution in [2.24, 2.45) is 17.3 Å². The number of amides is 1. The number of rotatable bonds is 12. The molecule has 2 heterocycles. The summed E-state index contributed by atoms with van der Waals surface area (Å²) in [6.07, 6.45) is -4.12. The first-order valence-corrected chi connectivity index (χ1v) is 18.5. The summed E-state index contributed by atoms with van der Waals surface area (Å²) in [7, 11) is 1.63. The van der Waals surface area contributed by atoms with Gasteiger partial charge in [-0.25, -0.2) is 4.39 Å². The molecule has 2 aromatic carbocycles. The molecule has 304 valence electrons. The summed E-state index contributed by atoms with van der Waals surface area (Å²) >= 11 is 6.09. The molecule has 0 bridgehead atoms. The molecule has 0 saturated carbocycles. The van der Waals surface area contributed by atoms with E-state index in [0.29, 0.717) is 45.6 Å². The molecule has 9 nitrogen and oxygen atoms in total. The molecule has 2 atom stereocenters. The summed E-state index contributed by atoms with van der Waals surface area (Å²) in [4.78, 5) is 46.2. The number of benzene rings is 2. The predicted molar refractivity (Wildman–Crippen MR) is 209 cm³/mol. The summed E-state index contributed by atoms with van der Waals surface area (Å²) in [5.74, 6) is -1.20. The molecule has 1 aliphatic rings. The average molecular weight is 795 g/mol. The molecule has 55 heavy (non-hydrogen) atoms. The van der Waals surface area contributed by atoms with Crippen molar-refractivity contribution < 1.29 is 37.1 Å². The summed E-state index contributed by atoms with van der Waals surface area (Å²) in [5.41, 5.74) is 2.61.